The van der Waals surface area contributed by atoms with Crippen molar-refractivity contribution in [1.29, 1.82) is 0 Å². The van der Waals surface area contributed by atoms with Crippen LogP contribution in [-0.4, -0.2) is 4.57 Å². The monoisotopic (exact) mass is 909 g/mol. The number of anilines is 6. The van der Waals surface area contributed by atoms with Gasteiger partial charge in [-0.3, -0.25) is 0 Å². The van der Waals surface area contributed by atoms with Gasteiger partial charge in [0.1, 0.15) is 0 Å². The van der Waals surface area contributed by atoms with Gasteiger partial charge in [-0.25, -0.2) is 0 Å². The van der Waals surface area contributed by atoms with E-state index in [-0.39, 0.29) is 10.8 Å². The fourth-order valence-electron chi connectivity index (χ4n) is 12.2. The van der Waals surface area contributed by atoms with Crippen LogP contribution >= 0.6 is 0 Å². The van der Waals surface area contributed by atoms with E-state index in [1.54, 1.807) is 0 Å². The summed E-state index contributed by atoms with van der Waals surface area (Å²) in [4.78, 5) is 4.67. The minimum atomic E-state index is -0.224. The van der Waals surface area contributed by atoms with Gasteiger partial charge in [-0.05, 0) is 175 Å². The summed E-state index contributed by atoms with van der Waals surface area (Å²) in [6, 6.07) is 87.4. The van der Waals surface area contributed by atoms with E-state index in [0.29, 0.717) is 0 Å². The summed E-state index contributed by atoms with van der Waals surface area (Å²) in [5, 5.41) is 7.48. The van der Waals surface area contributed by atoms with E-state index in [1.807, 2.05) is 0 Å². The average Bonchev–Trinajstić information content (AvgIpc) is 3.74. The van der Waals surface area contributed by atoms with Crippen LogP contribution < -0.4 is 9.80 Å². The highest BCUT2D eigenvalue weighted by atomic mass is 15.1. The van der Waals surface area contributed by atoms with Gasteiger partial charge < -0.3 is 14.4 Å². The van der Waals surface area contributed by atoms with Crippen LogP contribution in [0.2, 0.25) is 0 Å². The van der Waals surface area contributed by atoms with E-state index >= 15 is 0 Å². The van der Waals surface area contributed by atoms with Crippen molar-refractivity contribution in [2.24, 2.45) is 0 Å². The van der Waals surface area contributed by atoms with Crippen LogP contribution in [0.15, 0.2) is 237 Å². The molecule has 3 heterocycles. The summed E-state index contributed by atoms with van der Waals surface area (Å²) in [5.74, 6) is 0. The molecule has 11 aromatic carbocycles. The number of fused-ring (bicyclic) bond motifs is 3. The number of benzene rings is 11. The van der Waals surface area contributed by atoms with Crippen LogP contribution in [0.4, 0.5) is 34.1 Å². The third kappa shape index (κ3) is 6.29. The highest BCUT2D eigenvalue weighted by Gasteiger charge is 2.43. The molecule has 0 saturated carbocycles. The Morgan fingerprint density at radius 1 is 0.282 bits per heavy atom. The molecule has 0 fully saturated rings. The molecule has 0 bridgehead atoms. The van der Waals surface area contributed by atoms with Crippen molar-refractivity contribution in [3.8, 4) is 27.9 Å². The van der Waals surface area contributed by atoms with E-state index < -0.39 is 0 Å². The van der Waals surface area contributed by atoms with Crippen molar-refractivity contribution in [1.82, 2.24) is 4.57 Å². The van der Waals surface area contributed by atoms with Crippen molar-refractivity contribution in [2.75, 3.05) is 9.80 Å². The lowest BCUT2D eigenvalue weighted by Crippen LogP contribution is -2.33. The molecule has 0 saturated heterocycles. The van der Waals surface area contributed by atoms with E-state index in [4.69, 9.17) is 0 Å². The minimum absolute atomic E-state index is 0.224. The van der Waals surface area contributed by atoms with Gasteiger partial charge in [0.2, 0.25) is 0 Å². The summed E-state index contributed by atoms with van der Waals surface area (Å²) in [7, 11) is 0. The Morgan fingerprint density at radius 2 is 0.634 bits per heavy atom. The summed E-state index contributed by atoms with van der Waals surface area (Å²) in [5.41, 5.74) is 20.9. The third-order valence-corrected chi connectivity index (χ3v) is 15.8. The Kier molecular flexibility index (Phi) is 8.98. The molecule has 0 amide bonds. The third-order valence-electron chi connectivity index (χ3n) is 15.8. The van der Waals surface area contributed by atoms with Gasteiger partial charge in [-0.15, -0.1) is 0 Å². The summed E-state index contributed by atoms with van der Waals surface area (Å²) < 4.78 is 2.64. The molecular weight excluding hydrogens is 859 g/mol. The quantitative estimate of drug-likeness (QED) is 0.150. The van der Waals surface area contributed by atoms with Crippen molar-refractivity contribution >= 4 is 77.5 Å². The van der Waals surface area contributed by atoms with Gasteiger partial charge in [-0.2, -0.15) is 0 Å². The zero-order chi connectivity index (χ0) is 47.6. The summed E-state index contributed by atoms with van der Waals surface area (Å²) in [6.07, 6.45) is 0. The number of hydrogen-bond acceptors (Lipinski definition) is 2. The van der Waals surface area contributed by atoms with Crippen molar-refractivity contribution in [2.45, 2.75) is 38.5 Å². The van der Waals surface area contributed by atoms with Crippen molar-refractivity contribution < 1.29 is 0 Å². The molecule has 0 aliphatic carbocycles. The Bertz CT molecular complexity index is 3750. The Labute approximate surface area is 415 Å². The fourth-order valence-corrected chi connectivity index (χ4v) is 12.2. The molecule has 0 unspecified atom stereocenters. The van der Waals surface area contributed by atoms with Gasteiger partial charge in [0.25, 0.3) is 0 Å². The highest BCUT2D eigenvalue weighted by molar-refractivity contribution is 6.16. The SMILES string of the molecule is CC1(C)c2cccc3c2-n2c4c1cc(-c1ccc5cc(N(c6ccccc6)c6ccccc6)ccc5c1)cc4c1cc(-c4ccc5cc(N(c6ccccc6)c6ccccc6)ccc5c4)cc(c12)C3(C)C. The number of nitrogens with zero attached hydrogens (tertiary/aromatic N) is 3. The second-order valence-corrected chi connectivity index (χ2v) is 20.6. The first kappa shape index (κ1) is 41.3. The lowest BCUT2D eigenvalue weighted by Gasteiger charge is -2.42. The maximum Gasteiger partial charge on any atom is 0.0582 e. The van der Waals surface area contributed by atoms with Gasteiger partial charge >= 0.3 is 0 Å². The van der Waals surface area contributed by atoms with E-state index in [9.17, 15) is 0 Å². The number of aromatic nitrogens is 1. The van der Waals surface area contributed by atoms with E-state index in [1.165, 1.54) is 93.5 Å². The summed E-state index contributed by atoms with van der Waals surface area (Å²) in [6.45, 7) is 9.73. The smallest absolute Gasteiger partial charge is 0.0582 e. The molecule has 0 N–H and O–H groups in total. The van der Waals surface area contributed by atoms with Crippen LogP contribution in [0.25, 0.3) is 71.3 Å². The Hall–Kier alpha value is -8.66. The second-order valence-electron chi connectivity index (χ2n) is 20.6. The number of rotatable bonds is 8. The van der Waals surface area contributed by atoms with E-state index in [0.717, 1.165) is 34.1 Å². The van der Waals surface area contributed by atoms with Crippen molar-refractivity contribution in [3.63, 3.8) is 0 Å². The topological polar surface area (TPSA) is 11.4 Å². The first-order valence-electron chi connectivity index (χ1n) is 24.9. The fraction of sp³-hybridized carbons (Fsp3) is 0.0882. The van der Waals surface area contributed by atoms with Crippen LogP contribution in [-0.2, 0) is 10.8 Å². The molecule has 1 aromatic heterocycles. The molecule has 3 nitrogen and oxygen atoms in total. The maximum atomic E-state index is 2.64. The predicted molar refractivity (Wildman–Crippen MR) is 300 cm³/mol. The van der Waals surface area contributed by atoms with Gasteiger partial charge in [0, 0.05) is 55.7 Å². The molecule has 0 atom stereocenters. The molecule has 12 aromatic rings. The number of para-hydroxylation sites is 5. The normalized spacial score (nSPS) is 13.9. The van der Waals surface area contributed by atoms with Crippen LogP contribution in [0.1, 0.15) is 49.9 Å². The van der Waals surface area contributed by atoms with Gasteiger partial charge in [0.15, 0.2) is 0 Å². The largest absolute Gasteiger partial charge is 0.310 e. The first-order valence-corrected chi connectivity index (χ1v) is 24.9. The molecular formula is C68H51N3. The molecule has 14 rings (SSSR count). The van der Waals surface area contributed by atoms with Gasteiger partial charge in [-0.1, -0.05) is 155 Å². The zero-order valence-corrected chi connectivity index (χ0v) is 40.4. The molecule has 338 valence electrons. The maximum absolute atomic E-state index is 2.64. The lowest BCUT2D eigenvalue weighted by atomic mass is 9.68. The molecule has 0 spiro atoms. The predicted octanol–water partition coefficient (Wildman–Crippen LogP) is 18.6. The summed E-state index contributed by atoms with van der Waals surface area (Å²) >= 11 is 0. The molecule has 2 aliphatic heterocycles. The number of hydrogen-bond donors (Lipinski definition) is 0. The average molecular weight is 910 g/mol. The van der Waals surface area contributed by atoms with Crippen LogP contribution in [0.3, 0.4) is 0 Å². The molecule has 2 aliphatic rings. The Morgan fingerprint density at radius 3 is 1.01 bits per heavy atom. The van der Waals surface area contributed by atoms with Crippen LogP contribution in [0, 0.1) is 0 Å². The van der Waals surface area contributed by atoms with Crippen LogP contribution in [0.5, 0.6) is 0 Å². The standard InChI is InChI=1S/C68H51N3/c1-67(2)60-26-17-27-61-66(60)71-64-58(40-50(42-62(64)67)46-28-30-48-38-56(34-32-44(48)36-46)69(52-18-9-5-10-19-52)53-20-11-6-12-21-53)59-41-51(43-63(65(59)71)68(61,3)4)47-29-31-49-39-57(35-33-45(49)37-47)70(54-22-13-7-14-23-54)55-24-15-8-16-25-55/h5-43H,1-4H3. The molecule has 3 heteroatoms. The van der Waals surface area contributed by atoms with Gasteiger partial charge in [0.05, 0.1) is 16.7 Å². The molecule has 71 heavy (non-hydrogen) atoms. The first-order chi connectivity index (χ1) is 34.7. The zero-order valence-electron chi connectivity index (χ0n) is 40.4. The lowest BCUT2D eigenvalue weighted by molar-refractivity contribution is 0.594. The minimum Gasteiger partial charge on any atom is -0.310 e. The molecule has 0 radical (unpaired) electrons. The highest BCUT2D eigenvalue weighted by Crippen LogP contribution is 2.57. The van der Waals surface area contributed by atoms with Crippen molar-refractivity contribution in [3.05, 3.63) is 259 Å². The Balaban J connectivity index is 0.927. The second kappa shape index (κ2) is 15.4. The van der Waals surface area contributed by atoms with E-state index in [2.05, 4.69) is 279 Å².